The number of pyridine rings is 1. The Hall–Kier alpha value is -1.71. The Kier molecular flexibility index (Phi) is 2.50. The second kappa shape index (κ2) is 3.70. The minimum atomic E-state index is -0.0369. The summed E-state index contributed by atoms with van der Waals surface area (Å²) in [6, 6.07) is 5.79. The predicted molar refractivity (Wildman–Crippen MR) is 62.9 cm³/mol. The third kappa shape index (κ3) is 1.96. The van der Waals surface area contributed by atoms with Crippen LogP contribution in [0.4, 0.5) is 0 Å². The van der Waals surface area contributed by atoms with E-state index in [1.807, 2.05) is 25.2 Å². The molecule has 0 aliphatic heterocycles. The van der Waals surface area contributed by atoms with Gasteiger partial charge < -0.3 is 0 Å². The number of nitrogens with zero attached hydrogens (tertiary/aromatic N) is 4. The van der Waals surface area contributed by atoms with E-state index in [0.29, 0.717) is 0 Å². The number of aryl methyl sites for hydroxylation is 1. The van der Waals surface area contributed by atoms with Gasteiger partial charge in [0.1, 0.15) is 5.69 Å². The molecule has 0 unspecified atom stereocenters. The van der Waals surface area contributed by atoms with E-state index < -0.39 is 0 Å². The van der Waals surface area contributed by atoms with Crippen LogP contribution in [0.25, 0.3) is 11.5 Å². The zero-order valence-electron chi connectivity index (χ0n) is 10.1. The first-order chi connectivity index (χ1) is 7.48. The van der Waals surface area contributed by atoms with Gasteiger partial charge in [0.05, 0.1) is 0 Å². The second-order valence-electron chi connectivity index (χ2n) is 4.85. The van der Waals surface area contributed by atoms with Crippen LogP contribution in [-0.4, -0.2) is 19.7 Å². The smallest absolute Gasteiger partial charge is 0.176 e. The average molecular weight is 216 g/mol. The molecule has 0 saturated heterocycles. The molecule has 0 aliphatic rings. The Balaban J connectivity index is 2.48. The molecular weight excluding hydrogens is 200 g/mol. The second-order valence-corrected chi connectivity index (χ2v) is 4.85. The van der Waals surface area contributed by atoms with Gasteiger partial charge in [0.2, 0.25) is 0 Å². The molecule has 4 nitrogen and oxygen atoms in total. The van der Waals surface area contributed by atoms with Crippen molar-refractivity contribution in [2.75, 3.05) is 0 Å². The van der Waals surface area contributed by atoms with Crippen molar-refractivity contribution in [1.82, 2.24) is 19.7 Å². The lowest BCUT2D eigenvalue weighted by Crippen LogP contribution is -2.13. The fourth-order valence-corrected chi connectivity index (χ4v) is 1.42. The molecular formula is C12H16N4. The molecule has 0 aliphatic carbocycles. The predicted octanol–water partition coefficient (Wildman–Crippen LogP) is 2.17. The molecule has 0 atom stereocenters. The van der Waals surface area contributed by atoms with E-state index in [4.69, 9.17) is 0 Å². The summed E-state index contributed by atoms with van der Waals surface area (Å²) in [7, 11) is 1.90. The van der Waals surface area contributed by atoms with Crippen LogP contribution >= 0.6 is 0 Å². The van der Waals surface area contributed by atoms with E-state index in [2.05, 4.69) is 35.8 Å². The van der Waals surface area contributed by atoms with Gasteiger partial charge in [-0.2, -0.15) is 5.10 Å². The van der Waals surface area contributed by atoms with Gasteiger partial charge in [-0.05, 0) is 12.1 Å². The van der Waals surface area contributed by atoms with Crippen molar-refractivity contribution in [1.29, 1.82) is 0 Å². The molecule has 4 heteroatoms. The van der Waals surface area contributed by atoms with Crippen LogP contribution in [0, 0.1) is 0 Å². The number of rotatable bonds is 1. The zero-order chi connectivity index (χ0) is 11.8. The highest BCUT2D eigenvalue weighted by Crippen LogP contribution is 2.21. The lowest BCUT2D eigenvalue weighted by atomic mass is 9.96. The van der Waals surface area contributed by atoms with Gasteiger partial charge in [-0.15, -0.1) is 0 Å². The summed E-state index contributed by atoms with van der Waals surface area (Å²) >= 11 is 0. The van der Waals surface area contributed by atoms with Gasteiger partial charge in [-0.1, -0.05) is 26.8 Å². The normalized spacial score (nSPS) is 11.8. The van der Waals surface area contributed by atoms with Crippen LogP contribution in [0.1, 0.15) is 26.6 Å². The summed E-state index contributed by atoms with van der Waals surface area (Å²) in [4.78, 5) is 8.82. The van der Waals surface area contributed by atoms with Crippen LogP contribution in [0.5, 0.6) is 0 Å². The lowest BCUT2D eigenvalue weighted by molar-refractivity contribution is 0.538. The minimum Gasteiger partial charge on any atom is -0.253 e. The zero-order valence-corrected chi connectivity index (χ0v) is 10.1. The molecule has 0 aromatic carbocycles. The molecule has 0 N–H and O–H groups in total. The SMILES string of the molecule is Cn1nc(C(C)(C)C)nc1-c1ccccn1. The number of hydrogen-bond acceptors (Lipinski definition) is 3. The Morgan fingerprint density at radius 3 is 2.44 bits per heavy atom. The minimum absolute atomic E-state index is 0.0369. The first-order valence-corrected chi connectivity index (χ1v) is 5.31. The van der Waals surface area contributed by atoms with Gasteiger partial charge in [-0.3, -0.25) is 4.98 Å². The summed E-state index contributed by atoms with van der Waals surface area (Å²) in [5.74, 6) is 1.65. The molecule has 84 valence electrons. The lowest BCUT2D eigenvalue weighted by Gasteiger charge is -2.11. The molecule has 0 fully saturated rings. The van der Waals surface area contributed by atoms with Crippen molar-refractivity contribution in [2.45, 2.75) is 26.2 Å². The van der Waals surface area contributed by atoms with Crippen molar-refractivity contribution < 1.29 is 0 Å². The average Bonchev–Trinajstić information content (AvgIpc) is 2.61. The maximum absolute atomic E-state index is 4.54. The highest BCUT2D eigenvalue weighted by molar-refractivity contribution is 5.48. The monoisotopic (exact) mass is 216 g/mol. The van der Waals surface area contributed by atoms with E-state index in [1.165, 1.54) is 0 Å². The summed E-state index contributed by atoms with van der Waals surface area (Å²) < 4.78 is 1.78. The molecule has 2 aromatic rings. The van der Waals surface area contributed by atoms with Crippen LogP contribution in [0.3, 0.4) is 0 Å². The molecule has 0 spiro atoms. The van der Waals surface area contributed by atoms with E-state index in [-0.39, 0.29) is 5.41 Å². The van der Waals surface area contributed by atoms with Gasteiger partial charge in [-0.25, -0.2) is 9.67 Å². The maximum atomic E-state index is 4.54. The number of aromatic nitrogens is 4. The maximum Gasteiger partial charge on any atom is 0.176 e. The van der Waals surface area contributed by atoms with Crippen molar-refractivity contribution >= 4 is 0 Å². The third-order valence-electron chi connectivity index (χ3n) is 2.33. The molecule has 2 heterocycles. The van der Waals surface area contributed by atoms with E-state index >= 15 is 0 Å². The molecule has 0 amide bonds. The van der Waals surface area contributed by atoms with Crippen molar-refractivity contribution in [2.24, 2.45) is 7.05 Å². The Morgan fingerprint density at radius 2 is 1.94 bits per heavy atom. The van der Waals surface area contributed by atoms with Gasteiger partial charge >= 0.3 is 0 Å². The molecule has 2 rings (SSSR count). The van der Waals surface area contributed by atoms with E-state index in [1.54, 1.807) is 10.9 Å². The molecule has 0 saturated carbocycles. The standard InChI is InChI=1S/C12H16N4/c1-12(2,3)11-14-10(16(4)15-11)9-7-5-6-8-13-9/h5-8H,1-4H3. The van der Waals surface area contributed by atoms with Crippen molar-refractivity contribution in [3.05, 3.63) is 30.2 Å². The van der Waals surface area contributed by atoms with E-state index in [9.17, 15) is 0 Å². The highest BCUT2D eigenvalue weighted by Gasteiger charge is 2.21. The molecule has 0 bridgehead atoms. The summed E-state index contributed by atoms with van der Waals surface area (Å²) in [6.45, 7) is 6.31. The summed E-state index contributed by atoms with van der Waals surface area (Å²) in [5.41, 5.74) is 0.818. The largest absolute Gasteiger partial charge is 0.253 e. The topological polar surface area (TPSA) is 43.6 Å². The highest BCUT2D eigenvalue weighted by atomic mass is 15.3. The van der Waals surface area contributed by atoms with Crippen LogP contribution in [0.2, 0.25) is 0 Å². The van der Waals surface area contributed by atoms with Gasteiger partial charge in [0.25, 0.3) is 0 Å². The Morgan fingerprint density at radius 1 is 1.19 bits per heavy atom. The third-order valence-corrected chi connectivity index (χ3v) is 2.33. The van der Waals surface area contributed by atoms with Crippen LogP contribution in [0.15, 0.2) is 24.4 Å². The summed E-state index contributed by atoms with van der Waals surface area (Å²) in [5, 5.41) is 4.42. The van der Waals surface area contributed by atoms with Crippen LogP contribution in [-0.2, 0) is 12.5 Å². The first kappa shape index (κ1) is 10.8. The summed E-state index contributed by atoms with van der Waals surface area (Å²) in [6.07, 6.45) is 1.76. The molecule has 16 heavy (non-hydrogen) atoms. The van der Waals surface area contributed by atoms with E-state index in [0.717, 1.165) is 17.3 Å². The molecule has 0 radical (unpaired) electrons. The van der Waals surface area contributed by atoms with Crippen molar-refractivity contribution in [3.8, 4) is 11.5 Å². The Bertz CT molecular complexity index is 479. The van der Waals surface area contributed by atoms with Crippen molar-refractivity contribution in [3.63, 3.8) is 0 Å². The molecule has 2 aromatic heterocycles. The van der Waals surface area contributed by atoms with Gasteiger partial charge in [0, 0.05) is 18.7 Å². The fraction of sp³-hybridized carbons (Fsp3) is 0.417. The quantitative estimate of drug-likeness (QED) is 0.733. The number of hydrogen-bond donors (Lipinski definition) is 0. The van der Waals surface area contributed by atoms with Gasteiger partial charge in [0.15, 0.2) is 11.6 Å². The Labute approximate surface area is 95.4 Å². The first-order valence-electron chi connectivity index (χ1n) is 5.31. The fourth-order valence-electron chi connectivity index (χ4n) is 1.42. The van der Waals surface area contributed by atoms with Crippen LogP contribution < -0.4 is 0 Å².